The van der Waals surface area contributed by atoms with Crippen molar-refractivity contribution < 1.29 is 13.2 Å². The summed E-state index contributed by atoms with van der Waals surface area (Å²) in [6.07, 6.45) is 3.30. The van der Waals surface area contributed by atoms with Crippen molar-refractivity contribution >= 4 is 49.0 Å². The predicted molar refractivity (Wildman–Crippen MR) is 131 cm³/mol. The number of pyridine rings is 1. The molecule has 2 aromatic carbocycles. The summed E-state index contributed by atoms with van der Waals surface area (Å²) in [7, 11) is -3.78. The van der Waals surface area contributed by atoms with Crippen molar-refractivity contribution in [2.45, 2.75) is 31.6 Å². The zero-order valence-electron chi connectivity index (χ0n) is 18.2. The first-order chi connectivity index (χ1) is 15.8. The van der Waals surface area contributed by atoms with Crippen LogP contribution in [0.2, 0.25) is 0 Å². The summed E-state index contributed by atoms with van der Waals surface area (Å²) in [4.78, 5) is 23.6. The van der Waals surface area contributed by atoms with Gasteiger partial charge in [-0.1, -0.05) is 11.3 Å². The normalized spacial score (nSPS) is 13.7. The highest BCUT2D eigenvalue weighted by atomic mass is 32.2. The summed E-state index contributed by atoms with van der Waals surface area (Å²) in [5.74, 6) is -0.0377. The molecular formula is C24H22N4O3S2. The summed E-state index contributed by atoms with van der Waals surface area (Å²) in [6.45, 7) is 4.05. The lowest BCUT2D eigenvalue weighted by Gasteiger charge is -2.28. The monoisotopic (exact) mass is 478 g/mol. The molecular weight excluding hydrogens is 456 g/mol. The highest BCUT2D eigenvalue weighted by molar-refractivity contribution is 7.92. The fraction of sp³-hybridized carbons (Fsp3) is 0.208. The van der Waals surface area contributed by atoms with Gasteiger partial charge in [0, 0.05) is 30.9 Å². The molecule has 2 aromatic heterocycles. The molecule has 1 aliphatic rings. The zero-order chi connectivity index (χ0) is 23.2. The summed E-state index contributed by atoms with van der Waals surface area (Å²) in [6, 6.07) is 14.3. The Balaban J connectivity index is 1.42. The number of aryl methyl sites for hydroxylation is 2. The molecule has 1 aliphatic heterocycles. The van der Waals surface area contributed by atoms with Crippen molar-refractivity contribution in [1.29, 1.82) is 0 Å². The third kappa shape index (κ3) is 4.09. The lowest BCUT2D eigenvalue weighted by Crippen LogP contribution is -2.33. The largest absolute Gasteiger partial charge is 0.312 e. The number of nitrogens with one attached hydrogen (secondary N) is 1. The minimum absolute atomic E-state index is 0.0377. The number of carbonyl (C=O) groups is 1. The van der Waals surface area contributed by atoms with Crippen molar-refractivity contribution in [3.63, 3.8) is 0 Å². The second-order valence-electron chi connectivity index (χ2n) is 8.05. The van der Waals surface area contributed by atoms with E-state index in [0.29, 0.717) is 12.2 Å². The summed E-state index contributed by atoms with van der Waals surface area (Å²) in [5.41, 5.74) is 4.73. The van der Waals surface area contributed by atoms with E-state index in [0.717, 1.165) is 50.6 Å². The molecule has 0 atom stereocenters. The highest BCUT2D eigenvalue weighted by Gasteiger charge is 2.23. The van der Waals surface area contributed by atoms with Crippen LogP contribution in [0.1, 0.15) is 24.5 Å². The van der Waals surface area contributed by atoms with E-state index in [1.54, 1.807) is 35.4 Å². The molecule has 168 valence electrons. The first-order valence-electron chi connectivity index (χ1n) is 10.6. The lowest BCUT2D eigenvalue weighted by molar-refractivity contribution is -0.116. The van der Waals surface area contributed by atoms with Gasteiger partial charge >= 0.3 is 0 Å². The fourth-order valence-corrected chi connectivity index (χ4v) is 6.16. The number of hydrogen-bond donors (Lipinski definition) is 1. The van der Waals surface area contributed by atoms with Gasteiger partial charge in [-0.2, -0.15) is 0 Å². The molecule has 33 heavy (non-hydrogen) atoms. The Hall–Kier alpha value is -3.30. The van der Waals surface area contributed by atoms with Gasteiger partial charge in [-0.3, -0.25) is 9.52 Å². The minimum Gasteiger partial charge on any atom is -0.312 e. The van der Waals surface area contributed by atoms with Crippen LogP contribution in [0, 0.1) is 6.92 Å². The van der Waals surface area contributed by atoms with Crippen molar-refractivity contribution in [2.24, 2.45) is 0 Å². The van der Waals surface area contributed by atoms with Gasteiger partial charge in [0.2, 0.25) is 5.91 Å². The Labute approximate surface area is 196 Å². The van der Waals surface area contributed by atoms with Gasteiger partial charge in [0.1, 0.15) is 15.4 Å². The summed E-state index contributed by atoms with van der Waals surface area (Å²) < 4.78 is 28.9. The smallest absolute Gasteiger partial charge is 0.261 e. The van der Waals surface area contributed by atoms with Crippen molar-refractivity contribution in [3.8, 4) is 10.6 Å². The molecule has 0 radical (unpaired) electrons. The average Bonchev–Trinajstić information content (AvgIpc) is 3.24. The number of amides is 1. The van der Waals surface area contributed by atoms with Gasteiger partial charge in [0.25, 0.3) is 10.0 Å². The van der Waals surface area contributed by atoms with E-state index in [-0.39, 0.29) is 10.8 Å². The number of carbonyl (C=O) groups excluding carboxylic acids is 1. The number of thiazole rings is 1. The number of aromatic nitrogens is 2. The highest BCUT2D eigenvalue weighted by Crippen LogP contribution is 2.33. The van der Waals surface area contributed by atoms with Crippen LogP contribution in [0.15, 0.2) is 59.6 Å². The van der Waals surface area contributed by atoms with E-state index in [9.17, 15) is 13.2 Å². The topological polar surface area (TPSA) is 92.3 Å². The molecule has 0 bridgehead atoms. The van der Waals surface area contributed by atoms with Crippen molar-refractivity contribution in [2.75, 3.05) is 16.2 Å². The maximum absolute atomic E-state index is 13.1. The van der Waals surface area contributed by atoms with Gasteiger partial charge in [-0.05, 0) is 79.4 Å². The molecule has 5 rings (SSSR count). The van der Waals surface area contributed by atoms with Crippen LogP contribution in [-0.4, -0.2) is 30.8 Å². The number of hydrogen-bond acceptors (Lipinski definition) is 6. The van der Waals surface area contributed by atoms with E-state index in [4.69, 9.17) is 0 Å². The van der Waals surface area contributed by atoms with Gasteiger partial charge in [-0.15, -0.1) is 0 Å². The van der Waals surface area contributed by atoms with Crippen molar-refractivity contribution in [3.05, 3.63) is 65.9 Å². The van der Waals surface area contributed by atoms with Crippen LogP contribution < -0.4 is 9.62 Å². The number of sulfonamides is 1. The van der Waals surface area contributed by atoms with E-state index < -0.39 is 10.0 Å². The van der Waals surface area contributed by atoms with Crippen LogP contribution >= 0.6 is 11.3 Å². The van der Waals surface area contributed by atoms with Gasteiger partial charge in [0.05, 0.1) is 10.6 Å². The molecule has 0 spiro atoms. The molecule has 0 fully saturated rings. The molecule has 1 amide bonds. The quantitative estimate of drug-likeness (QED) is 0.456. The Kier molecular flexibility index (Phi) is 5.38. The predicted octanol–water partition coefficient (Wildman–Crippen LogP) is 4.77. The first kappa shape index (κ1) is 21.5. The zero-order valence-corrected chi connectivity index (χ0v) is 19.8. The molecule has 4 aromatic rings. The maximum Gasteiger partial charge on any atom is 0.261 e. The van der Waals surface area contributed by atoms with Crippen LogP contribution in [0.5, 0.6) is 0 Å². The van der Waals surface area contributed by atoms with Gasteiger partial charge in [0.15, 0.2) is 0 Å². The summed E-state index contributed by atoms with van der Waals surface area (Å²) in [5, 5.41) is 0.839. The Morgan fingerprint density at radius 3 is 2.76 bits per heavy atom. The van der Waals surface area contributed by atoms with Gasteiger partial charge in [-0.25, -0.2) is 18.4 Å². The van der Waals surface area contributed by atoms with Crippen molar-refractivity contribution in [1.82, 2.24) is 9.97 Å². The van der Waals surface area contributed by atoms with Crippen LogP contribution in [-0.2, 0) is 21.2 Å². The SMILES string of the molecule is CC(=O)N1CCCc2cc(S(=O)(=O)Nc3ccc(-c4nc5cccnc5s4)cc3C)ccc21. The third-order valence-corrected chi connectivity index (χ3v) is 8.14. The van der Waals surface area contributed by atoms with Gasteiger partial charge < -0.3 is 4.90 Å². The van der Waals surface area contributed by atoms with Crippen LogP contribution in [0.3, 0.4) is 0 Å². The number of rotatable bonds is 4. The molecule has 0 saturated carbocycles. The lowest BCUT2D eigenvalue weighted by atomic mass is 10.0. The van der Waals surface area contributed by atoms with E-state index in [2.05, 4.69) is 14.7 Å². The number of benzene rings is 2. The standard InChI is InChI=1S/C24H22N4O3S2/c1-15-13-18(23-26-21-6-3-11-25-24(21)32-23)7-9-20(15)27-33(30,31)19-8-10-22-17(14-19)5-4-12-28(22)16(2)29/h3,6-11,13-14,27H,4-5,12H2,1-2H3. The maximum atomic E-state index is 13.1. The summed E-state index contributed by atoms with van der Waals surface area (Å²) >= 11 is 1.50. The van der Waals surface area contributed by atoms with E-state index >= 15 is 0 Å². The Morgan fingerprint density at radius 2 is 2.00 bits per heavy atom. The molecule has 7 nitrogen and oxygen atoms in total. The average molecular weight is 479 g/mol. The number of fused-ring (bicyclic) bond motifs is 2. The Bertz CT molecular complexity index is 1460. The molecule has 0 unspecified atom stereocenters. The Morgan fingerprint density at radius 1 is 1.15 bits per heavy atom. The minimum atomic E-state index is -3.78. The first-order valence-corrected chi connectivity index (χ1v) is 12.9. The van der Waals surface area contributed by atoms with E-state index in [1.165, 1.54) is 18.3 Å². The molecule has 0 aliphatic carbocycles. The van der Waals surface area contributed by atoms with Crippen LogP contribution in [0.25, 0.3) is 20.9 Å². The number of nitrogens with zero attached hydrogens (tertiary/aromatic N) is 3. The molecule has 3 heterocycles. The molecule has 9 heteroatoms. The third-order valence-electron chi connectivity index (χ3n) is 5.74. The molecule has 1 N–H and O–H groups in total. The van der Waals surface area contributed by atoms with Crippen LogP contribution in [0.4, 0.5) is 11.4 Å². The number of anilines is 2. The fourth-order valence-electron chi connectivity index (χ4n) is 4.08. The van der Waals surface area contributed by atoms with E-state index in [1.807, 2.05) is 31.2 Å². The molecule has 0 saturated heterocycles. The second kappa shape index (κ2) is 8.24. The second-order valence-corrected chi connectivity index (χ2v) is 10.7.